The van der Waals surface area contributed by atoms with Crippen LogP contribution in [0.5, 0.6) is 0 Å². The molecule has 2 N–H and O–H groups in total. The van der Waals surface area contributed by atoms with E-state index in [4.69, 9.17) is 4.74 Å². The molecular weight excluding hydrogens is 196 g/mol. The Morgan fingerprint density at radius 2 is 2.07 bits per heavy atom. The molecule has 0 aromatic rings. The highest BCUT2D eigenvalue weighted by Gasteiger charge is 2.38. The van der Waals surface area contributed by atoms with Crippen molar-refractivity contribution in [3.63, 3.8) is 0 Å². The van der Waals surface area contributed by atoms with Crippen LogP contribution >= 0.6 is 0 Å². The SMILES string of the molecule is CCC(O)CC(O)CC[C@H]1OC(=O)[C@@H]1C. The maximum Gasteiger partial charge on any atom is 0.312 e. The highest BCUT2D eigenvalue weighted by molar-refractivity contribution is 5.77. The molecular formula is C11H20O4. The Kier molecular flexibility index (Phi) is 4.54. The van der Waals surface area contributed by atoms with Crippen LogP contribution < -0.4 is 0 Å². The molecule has 0 aromatic heterocycles. The molecule has 15 heavy (non-hydrogen) atoms. The van der Waals surface area contributed by atoms with Gasteiger partial charge in [-0.15, -0.1) is 0 Å². The Bertz CT molecular complexity index is 217. The Labute approximate surface area is 90.2 Å². The zero-order valence-corrected chi connectivity index (χ0v) is 9.35. The van der Waals surface area contributed by atoms with Crippen molar-refractivity contribution in [2.75, 3.05) is 0 Å². The molecule has 1 fully saturated rings. The predicted octanol–water partition coefficient (Wildman–Crippen LogP) is 0.850. The molecule has 88 valence electrons. The molecule has 2 unspecified atom stereocenters. The molecule has 4 nitrogen and oxygen atoms in total. The van der Waals surface area contributed by atoms with Gasteiger partial charge in [0.15, 0.2) is 0 Å². The first kappa shape index (κ1) is 12.5. The third-order valence-electron chi connectivity index (χ3n) is 3.00. The summed E-state index contributed by atoms with van der Waals surface area (Å²) in [4.78, 5) is 10.8. The molecule has 0 aromatic carbocycles. The quantitative estimate of drug-likeness (QED) is 0.646. The van der Waals surface area contributed by atoms with Crippen LogP contribution in [0.1, 0.15) is 39.5 Å². The van der Waals surface area contributed by atoms with Crippen molar-refractivity contribution in [2.24, 2.45) is 5.92 Å². The van der Waals surface area contributed by atoms with Gasteiger partial charge in [-0.3, -0.25) is 4.79 Å². The number of aliphatic hydroxyl groups is 2. The molecule has 4 atom stereocenters. The van der Waals surface area contributed by atoms with Gasteiger partial charge in [0.05, 0.1) is 18.1 Å². The lowest BCUT2D eigenvalue weighted by Crippen LogP contribution is -2.43. The molecule has 0 bridgehead atoms. The molecule has 1 aliphatic rings. The van der Waals surface area contributed by atoms with Crippen LogP contribution in [0.3, 0.4) is 0 Å². The summed E-state index contributed by atoms with van der Waals surface area (Å²) in [5, 5.41) is 18.9. The Morgan fingerprint density at radius 1 is 1.40 bits per heavy atom. The van der Waals surface area contributed by atoms with Gasteiger partial charge in [0.2, 0.25) is 0 Å². The van der Waals surface area contributed by atoms with Gasteiger partial charge in [-0.2, -0.15) is 0 Å². The summed E-state index contributed by atoms with van der Waals surface area (Å²) in [6, 6.07) is 0. The lowest BCUT2D eigenvalue weighted by molar-refractivity contribution is -0.183. The van der Waals surface area contributed by atoms with E-state index in [1.165, 1.54) is 0 Å². The van der Waals surface area contributed by atoms with E-state index < -0.39 is 12.2 Å². The molecule has 4 heteroatoms. The first-order valence-corrected chi connectivity index (χ1v) is 5.61. The van der Waals surface area contributed by atoms with E-state index in [0.717, 1.165) is 0 Å². The Hall–Kier alpha value is -0.610. The third kappa shape index (κ3) is 3.47. The normalized spacial score (nSPS) is 29.2. The minimum absolute atomic E-state index is 0.0340. The van der Waals surface area contributed by atoms with Gasteiger partial charge in [-0.1, -0.05) is 6.92 Å². The van der Waals surface area contributed by atoms with E-state index in [-0.39, 0.29) is 18.0 Å². The number of cyclic esters (lactones) is 1. The Morgan fingerprint density at radius 3 is 2.53 bits per heavy atom. The number of hydrogen-bond donors (Lipinski definition) is 2. The van der Waals surface area contributed by atoms with Crippen LogP contribution in [0.4, 0.5) is 0 Å². The summed E-state index contributed by atoms with van der Waals surface area (Å²) < 4.78 is 4.92. The molecule has 1 heterocycles. The average molecular weight is 216 g/mol. The minimum Gasteiger partial charge on any atom is -0.461 e. The van der Waals surface area contributed by atoms with Crippen LogP contribution in [-0.2, 0) is 9.53 Å². The monoisotopic (exact) mass is 216 g/mol. The second kappa shape index (κ2) is 5.47. The average Bonchev–Trinajstić information content (AvgIpc) is 2.23. The molecule has 1 rings (SSSR count). The highest BCUT2D eigenvalue weighted by atomic mass is 16.6. The Balaban J connectivity index is 2.12. The summed E-state index contributed by atoms with van der Waals surface area (Å²) in [5.41, 5.74) is 0. The van der Waals surface area contributed by atoms with Gasteiger partial charge in [0.25, 0.3) is 0 Å². The molecule has 0 amide bonds. The first-order chi connectivity index (χ1) is 7.04. The largest absolute Gasteiger partial charge is 0.461 e. The highest BCUT2D eigenvalue weighted by Crippen LogP contribution is 2.26. The van der Waals surface area contributed by atoms with Gasteiger partial charge >= 0.3 is 5.97 Å². The first-order valence-electron chi connectivity index (χ1n) is 5.61. The molecule has 0 aliphatic carbocycles. The zero-order valence-electron chi connectivity index (χ0n) is 9.35. The van der Waals surface area contributed by atoms with Crippen LogP contribution in [-0.4, -0.2) is 34.5 Å². The van der Waals surface area contributed by atoms with Crippen molar-refractivity contribution in [3.05, 3.63) is 0 Å². The van der Waals surface area contributed by atoms with E-state index in [9.17, 15) is 15.0 Å². The fourth-order valence-corrected chi connectivity index (χ4v) is 1.70. The van der Waals surface area contributed by atoms with E-state index >= 15 is 0 Å². The fraction of sp³-hybridized carbons (Fsp3) is 0.909. The van der Waals surface area contributed by atoms with Crippen molar-refractivity contribution >= 4 is 5.97 Å². The number of aliphatic hydroxyl groups excluding tert-OH is 2. The van der Waals surface area contributed by atoms with Crippen molar-refractivity contribution < 1.29 is 19.7 Å². The van der Waals surface area contributed by atoms with Gasteiger partial charge in [-0.05, 0) is 32.6 Å². The van der Waals surface area contributed by atoms with Gasteiger partial charge < -0.3 is 14.9 Å². The smallest absolute Gasteiger partial charge is 0.312 e. The molecule has 0 radical (unpaired) electrons. The number of esters is 1. The topological polar surface area (TPSA) is 66.8 Å². The van der Waals surface area contributed by atoms with Crippen LogP contribution in [0.2, 0.25) is 0 Å². The van der Waals surface area contributed by atoms with E-state index in [1.54, 1.807) is 0 Å². The number of ether oxygens (including phenoxy) is 1. The van der Waals surface area contributed by atoms with E-state index in [2.05, 4.69) is 0 Å². The summed E-state index contributed by atoms with van der Waals surface area (Å²) in [6.45, 7) is 3.72. The van der Waals surface area contributed by atoms with Crippen LogP contribution in [0, 0.1) is 5.92 Å². The van der Waals surface area contributed by atoms with Crippen molar-refractivity contribution in [2.45, 2.75) is 57.8 Å². The van der Waals surface area contributed by atoms with Crippen LogP contribution in [0.25, 0.3) is 0 Å². The maximum absolute atomic E-state index is 10.8. The van der Waals surface area contributed by atoms with Gasteiger partial charge in [0, 0.05) is 0 Å². The lowest BCUT2D eigenvalue weighted by Gasteiger charge is -2.33. The second-order valence-corrected chi connectivity index (χ2v) is 4.29. The van der Waals surface area contributed by atoms with Crippen molar-refractivity contribution in [3.8, 4) is 0 Å². The number of hydrogen-bond acceptors (Lipinski definition) is 4. The summed E-state index contributed by atoms with van der Waals surface area (Å²) in [5.74, 6) is -0.184. The molecule has 0 saturated carbocycles. The third-order valence-corrected chi connectivity index (χ3v) is 3.00. The zero-order chi connectivity index (χ0) is 11.4. The fourth-order valence-electron chi connectivity index (χ4n) is 1.70. The van der Waals surface area contributed by atoms with Crippen molar-refractivity contribution in [1.29, 1.82) is 0 Å². The van der Waals surface area contributed by atoms with Crippen molar-refractivity contribution in [1.82, 2.24) is 0 Å². The summed E-state index contributed by atoms with van der Waals surface area (Å²) >= 11 is 0. The lowest BCUT2D eigenvalue weighted by atomic mass is 9.93. The second-order valence-electron chi connectivity index (χ2n) is 4.29. The minimum atomic E-state index is -0.494. The van der Waals surface area contributed by atoms with Crippen LogP contribution in [0.15, 0.2) is 0 Å². The van der Waals surface area contributed by atoms with E-state index in [0.29, 0.717) is 25.7 Å². The standard InChI is InChI=1S/C11H20O4/c1-3-8(12)6-9(13)4-5-10-7(2)11(14)15-10/h7-10,12-13H,3-6H2,1-2H3/t7-,8?,9?,10-/m1/s1. The maximum atomic E-state index is 10.8. The molecule has 1 saturated heterocycles. The number of rotatable bonds is 6. The van der Waals surface area contributed by atoms with Gasteiger partial charge in [-0.25, -0.2) is 0 Å². The van der Waals surface area contributed by atoms with Gasteiger partial charge in [0.1, 0.15) is 6.10 Å². The number of carbonyl (C=O) groups excluding carboxylic acids is 1. The summed E-state index contributed by atoms with van der Waals surface area (Å²) in [7, 11) is 0. The van der Waals surface area contributed by atoms with E-state index in [1.807, 2.05) is 13.8 Å². The molecule has 1 aliphatic heterocycles. The number of carbonyl (C=O) groups is 1. The predicted molar refractivity (Wildman–Crippen MR) is 55.2 cm³/mol. The molecule has 0 spiro atoms. The summed E-state index contributed by atoms with van der Waals surface area (Å²) in [6.07, 6.45) is 1.38.